The zero-order chi connectivity index (χ0) is 18.2. The first-order valence-electron chi connectivity index (χ1n) is 9.37. The first kappa shape index (κ1) is 18.8. The number of hydrogen-bond acceptors (Lipinski definition) is 1. The number of thiocarbonyl (C=S) groups is 1. The average molecular weight is 373 g/mol. The van der Waals surface area contributed by atoms with E-state index in [9.17, 15) is 4.39 Å². The zero-order valence-corrected chi connectivity index (χ0v) is 15.9. The Bertz CT molecular complexity index is 711. The number of nitrogens with one attached hydrogen (secondary N) is 3. The molecule has 26 heavy (non-hydrogen) atoms. The number of rotatable bonds is 6. The zero-order valence-electron chi connectivity index (χ0n) is 15.1. The third kappa shape index (κ3) is 5.78. The lowest BCUT2D eigenvalue weighted by Gasteiger charge is -2.24. The highest BCUT2D eigenvalue weighted by molar-refractivity contribution is 7.80. The van der Waals surface area contributed by atoms with E-state index in [4.69, 9.17) is 12.2 Å². The Hall–Kier alpha value is -1.98. The lowest BCUT2D eigenvalue weighted by atomic mass is 10.0. The van der Waals surface area contributed by atoms with Crippen molar-refractivity contribution < 1.29 is 9.29 Å². The van der Waals surface area contributed by atoms with Crippen molar-refractivity contribution in [2.45, 2.75) is 38.9 Å². The van der Waals surface area contributed by atoms with Crippen LogP contribution in [0.25, 0.3) is 0 Å². The van der Waals surface area contributed by atoms with Gasteiger partial charge in [0.15, 0.2) is 5.11 Å². The summed E-state index contributed by atoms with van der Waals surface area (Å²) in [4.78, 5) is 1.68. The Morgan fingerprint density at radius 3 is 2.27 bits per heavy atom. The van der Waals surface area contributed by atoms with Crippen LogP contribution in [0.5, 0.6) is 0 Å². The normalized spacial score (nSPS) is 14.8. The number of benzene rings is 2. The topological polar surface area (TPSA) is 28.5 Å². The molecule has 5 heteroatoms. The highest BCUT2D eigenvalue weighted by Crippen LogP contribution is 2.08. The van der Waals surface area contributed by atoms with Crippen molar-refractivity contribution in [3.05, 3.63) is 71.0 Å². The van der Waals surface area contributed by atoms with E-state index in [1.807, 2.05) is 0 Å². The Labute approximate surface area is 160 Å². The van der Waals surface area contributed by atoms with Crippen molar-refractivity contribution >= 4 is 17.3 Å². The van der Waals surface area contributed by atoms with Crippen LogP contribution in [0.1, 0.15) is 36.0 Å². The summed E-state index contributed by atoms with van der Waals surface area (Å²) in [6.45, 7) is 4.96. The molecule has 1 heterocycles. The van der Waals surface area contributed by atoms with E-state index in [-0.39, 0.29) is 5.82 Å². The average Bonchev–Trinajstić information content (AvgIpc) is 2.68. The van der Waals surface area contributed by atoms with Crippen molar-refractivity contribution in [3.8, 4) is 0 Å². The van der Waals surface area contributed by atoms with Gasteiger partial charge in [-0.15, -0.1) is 0 Å². The second-order valence-electron chi connectivity index (χ2n) is 6.92. The minimum absolute atomic E-state index is 0.220. The van der Waals surface area contributed by atoms with Crippen molar-refractivity contribution in [1.29, 1.82) is 0 Å². The second kappa shape index (κ2) is 9.64. The highest BCUT2D eigenvalue weighted by Gasteiger charge is 2.15. The molecule has 0 radical (unpaired) electrons. The van der Waals surface area contributed by atoms with Gasteiger partial charge in [-0.3, -0.25) is 0 Å². The van der Waals surface area contributed by atoms with Crippen LogP contribution in [-0.2, 0) is 19.6 Å². The molecule has 1 saturated heterocycles. The molecule has 0 unspecified atom stereocenters. The van der Waals surface area contributed by atoms with Gasteiger partial charge in [0.25, 0.3) is 0 Å². The molecule has 3 N–H and O–H groups in total. The largest absolute Gasteiger partial charge is 0.359 e. The molecule has 1 aliphatic heterocycles. The monoisotopic (exact) mass is 372 g/mol. The smallest absolute Gasteiger partial charge is 0.166 e. The van der Waals surface area contributed by atoms with E-state index in [1.165, 1.54) is 55.6 Å². The van der Waals surface area contributed by atoms with Gasteiger partial charge in [-0.25, -0.2) is 4.39 Å². The van der Waals surface area contributed by atoms with Crippen molar-refractivity contribution in [2.24, 2.45) is 0 Å². The molecule has 1 fully saturated rings. The number of hydrogen-bond donors (Lipinski definition) is 3. The van der Waals surface area contributed by atoms with E-state index in [0.29, 0.717) is 11.7 Å². The van der Waals surface area contributed by atoms with Crippen LogP contribution in [0.4, 0.5) is 4.39 Å². The number of piperidine rings is 1. The first-order valence-corrected chi connectivity index (χ1v) is 9.78. The van der Waals surface area contributed by atoms with Gasteiger partial charge in [-0.2, -0.15) is 0 Å². The molecule has 2 aromatic carbocycles. The Balaban J connectivity index is 1.49. The van der Waals surface area contributed by atoms with Gasteiger partial charge in [0.2, 0.25) is 0 Å². The van der Waals surface area contributed by atoms with Gasteiger partial charge in [0, 0.05) is 18.7 Å². The fourth-order valence-electron chi connectivity index (χ4n) is 3.42. The maximum Gasteiger partial charge on any atom is 0.166 e. The van der Waals surface area contributed by atoms with Crippen molar-refractivity contribution in [1.82, 2.24) is 10.6 Å². The molecule has 3 rings (SSSR count). The van der Waals surface area contributed by atoms with Crippen LogP contribution in [0.15, 0.2) is 48.5 Å². The third-order valence-electron chi connectivity index (χ3n) is 4.93. The Kier molecular flexibility index (Phi) is 6.97. The molecule has 2 aromatic rings. The fourth-order valence-corrected chi connectivity index (χ4v) is 3.57. The predicted octanol–water partition coefficient (Wildman–Crippen LogP) is 2.56. The standard InChI is InChI=1S/C21H26FN3S/c22-20-10-8-17(9-11-20)14-23-21(26)24-15-18-6-2-3-7-19(18)16-25-12-4-1-5-13-25/h2-3,6-11H,1,4-5,12-16H2,(H2,23,24,26)/p+1. The van der Waals surface area contributed by atoms with Crippen molar-refractivity contribution in [3.63, 3.8) is 0 Å². The summed E-state index contributed by atoms with van der Waals surface area (Å²) in [5.74, 6) is -0.220. The lowest BCUT2D eigenvalue weighted by Crippen LogP contribution is -3.11. The van der Waals surface area contributed by atoms with Gasteiger partial charge in [0.05, 0.1) is 13.1 Å². The summed E-state index contributed by atoms with van der Waals surface area (Å²) < 4.78 is 12.9. The molecule has 0 saturated carbocycles. The molecular formula is C21H27FN3S+. The summed E-state index contributed by atoms with van der Waals surface area (Å²) in [5.41, 5.74) is 3.71. The van der Waals surface area contributed by atoms with Gasteiger partial charge >= 0.3 is 0 Å². The summed E-state index contributed by atoms with van der Waals surface area (Å²) in [5, 5.41) is 7.10. The van der Waals surface area contributed by atoms with Gasteiger partial charge < -0.3 is 15.5 Å². The lowest BCUT2D eigenvalue weighted by molar-refractivity contribution is -0.918. The van der Waals surface area contributed by atoms with Crippen LogP contribution >= 0.6 is 12.2 Å². The van der Waals surface area contributed by atoms with E-state index in [0.717, 1.165) is 18.7 Å². The van der Waals surface area contributed by atoms with Crippen LogP contribution < -0.4 is 15.5 Å². The minimum Gasteiger partial charge on any atom is -0.359 e. The Morgan fingerprint density at radius 1 is 0.885 bits per heavy atom. The van der Waals surface area contributed by atoms with Crippen LogP contribution in [-0.4, -0.2) is 18.2 Å². The van der Waals surface area contributed by atoms with Gasteiger partial charge in [-0.1, -0.05) is 36.4 Å². The summed E-state index contributed by atoms with van der Waals surface area (Å²) in [6.07, 6.45) is 4.06. The maximum atomic E-state index is 12.9. The van der Waals surface area contributed by atoms with E-state index in [1.54, 1.807) is 17.0 Å². The molecule has 0 aliphatic carbocycles. The SMILES string of the molecule is Fc1ccc(CNC(=S)NCc2ccccc2C[NH+]2CCCCC2)cc1. The summed E-state index contributed by atoms with van der Waals surface area (Å²) >= 11 is 5.38. The van der Waals surface area contributed by atoms with Crippen LogP contribution in [0.3, 0.4) is 0 Å². The van der Waals surface area contributed by atoms with Gasteiger partial charge in [0.1, 0.15) is 12.4 Å². The van der Waals surface area contributed by atoms with Crippen LogP contribution in [0, 0.1) is 5.82 Å². The summed E-state index contributed by atoms with van der Waals surface area (Å²) in [7, 11) is 0. The quantitative estimate of drug-likeness (QED) is 0.681. The summed E-state index contributed by atoms with van der Waals surface area (Å²) in [6, 6.07) is 15.1. The number of likely N-dealkylation sites (tertiary alicyclic amines) is 1. The molecule has 1 aliphatic rings. The first-order chi connectivity index (χ1) is 12.7. The molecule has 0 aromatic heterocycles. The molecule has 0 spiro atoms. The number of quaternary nitrogens is 1. The van der Waals surface area contributed by atoms with Crippen molar-refractivity contribution in [2.75, 3.05) is 13.1 Å². The van der Waals surface area contributed by atoms with Gasteiger partial charge in [-0.05, 0) is 54.7 Å². The predicted molar refractivity (Wildman–Crippen MR) is 107 cm³/mol. The fraction of sp³-hybridized carbons (Fsp3) is 0.381. The number of halogens is 1. The van der Waals surface area contributed by atoms with Crippen LogP contribution in [0.2, 0.25) is 0 Å². The molecule has 138 valence electrons. The van der Waals surface area contributed by atoms with E-state index < -0.39 is 0 Å². The molecule has 0 bridgehead atoms. The highest BCUT2D eigenvalue weighted by atomic mass is 32.1. The maximum absolute atomic E-state index is 12.9. The third-order valence-corrected chi connectivity index (χ3v) is 5.21. The molecular weight excluding hydrogens is 345 g/mol. The minimum atomic E-state index is -0.220. The van der Waals surface area contributed by atoms with E-state index >= 15 is 0 Å². The molecule has 0 atom stereocenters. The Morgan fingerprint density at radius 2 is 1.54 bits per heavy atom. The second-order valence-corrected chi connectivity index (χ2v) is 7.33. The molecule has 3 nitrogen and oxygen atoms in total. The molecule has 0 amide bonds. The van der Waals surface area contributed by atoms with E-state index in [2.05, 4.69) is 34.9 Å².